The van der Waals surface area contributed by atoms with Gasteiger partial charge in [-0.05, 0) is 25.1 Å². The van der Waals surface area contributed by atoms with Crippen LogP contribution in [0, 0.1) is 6.92 Å². The van der Waals surface area contributed by atoms with Crippen molar-refractivity contribution in [2.45, 2.75) is 6.92 Å². The van der Waals surface area contributed by atoms with Gasteiger partial charge in [-0.15, -0.1) is 11.3 Å². The van der Waals surface area contributed by atoms with Crippen LogP contribution < -0.4 is 9.80 Å². The van der Waals surface area contributed by atoms with Crippen molar-refractivity contribution in [2.24, 2.45) is 0 Å². The average Bonchev–Trinajstić information content (AvgIpc) is 2.96. The molecule has 6 heteroatoms. The van der Waals surface area contributed by atoms with E-state index in [0.29, 0.717) is 5.75 Å². The number of rotatable bonds is 2. The van der Waals surface area contributed by atoms with E-state index in [0.717, 1.165) is 47.9 Å². The van der Waals surface area contributed by atoms with Crippen LogP contribution in [0.25, 0.3) is 10.2 Å². The Kier molecular flexibility index (Phi) is 3.53. The summed E-state index contributed by atoms with van der Waals surface area (Å²) in [6.45, 7) is 5.61. The van der Waals surface area contributed by atoms with Crippen molar-refractivity contribution < 1.29 is 5.11 Å². The van der Waals surface area contributed by atoms with E-state index in [1.54, 1.807) is 23.7 Å². The molecule has 0 saturated carbocycles. The predicted octanol–water partition coefficient (Wildman–Crippen LogP) is 3.03. The summed E-state index contributed by atoms with van der Waals surface area (Å²) in [6, 6.07) is 9.69. The normalized spacial score (nSPS) is 15.3. The highest BCUT2D eigenvalue weighted by Gasteiger charge is 2.22. The van der Waals surface area contributed by atoms with Gasteiger partial charge in [0.05, 0.1) is 11.1 Å². The molecule has 1 aliphatic heterocycles. The molecule has 1 saturated heterocycles. The Balaban J connectivity index is 1.56. The number of hydrogen-bond acceptors (Lipinski definition) is 6. The molecule has 0 amide bonds. The van der Waals surface area contributed by atoms with E-state index in [9.17, 15) is 5.11 Å². The Morgan fingerprint density at radius 1 is 1.04 bits per heavy atom. The molecule has 2 aromatic heterocycles. The molecular formula is C17H18N4OS. The van der Waals surface area contributed by atoms with Gasteiger partial charge in [0.1, 0.15) is 22.7 Å². The van der Waals surface area contributed by atoms with E-state index in [1.165, 1.54) is 4.88 Å². The molecular weight excluding hydrogens is 308 g/mol. The summed E-state index contributed by atoms with van der Waals surface area (Å²) in [6.07, 6.45) is 1.66. The molecule has 0 spiro atoms. The molecule has 0 unspecified atom stereocenters. The monoisotopic (exact) mass is 326 g/mol. The maximum absolute atomic E-state index is 10.0. The Morgan fingerprint density at radius 2 is 1.78 bits per heavy atom. The molecule has 1 N–H and O–H groups in total. The number of nitrogens with zero attached hydrogens (tertiary/aromatic N) is 4. The molecule has 3 heterocycles. The summed E-state index contributed by atoms with van der Waals surface area (Å²) in [5, 5.41) is 11.2. The molecule has 1 aromatic carbocycles. The lowest BCUT2D eigenvalue weighted by Gasteiger charge is -2.37. The highest BCUT2D eigenvalue weighted by Crippen LogP contribution is 2.32. The number of aromatic nitrogens is 2. The third-order valence-electron chi connectivity index (χ3n) is 4.23. The SMILES string of the molecule is Cc1cc2c(N3CCN(c4ccccc4O)CC3)ncnc2s1. The van der Waals surface area contributed by atoms with E-state index in [2.05, 4.69) is 32.8 Å². The number of aromatic hydroxyl groups is 1. The molecule has 0 radical (unpaired) electrons. The van der Waals surface area contributed by atoms with Crippen LogP contribution in [0.2, 0.25) is 0 Å². The number of para-hydroxylation sites is 2. The smallest absolute Gasteiger partial charge is 0.140 e. The summed E-state index contributed by atoms with van der Waals surface area (Å²) in [5.41, 5.74) is 0.909. The van der Waals surface area contributed by atoms with E-state index >= 15 is 0 Å². The maximum atomic E-state index is 10.0. The lowest BCUT2D eigenvalue weighted by Crippen LogP contribution is -2.46. The van der Waals surface area contributed by atoms with Gasteiger partial charge in [0.25, 0.3) is 0 Å². The summed E-state index contributed by atoms with van der Waals surface area (Å²) in [4.78, 5) is 15.7. The molecule has 23 heavy (non-hydrogen) atoms. The molecule has 1 fully saturated rings. The van der Waals surface area contributed by atoms with Gasteiger partial charge in [-0.3, -0.25) is 0 Å². The minimum absolute atomic E-state index is 0.346. The van der Waals surface area contributed by atoms with Gasteiger partial charge >= 0.3 is 0 Å². The summed E-state index contributed by atoms with van der Waals surface area (Å²) in [7, 11) is 0. The first-order chi connectivity index (χ1) is 11.2. The lowest BCUT2D eigenvalue weighted by molar-refractivity contribution is 0.472. The van der Waals surface area contributed by atoms with E-state index in [-0.39, 0.29) is 0 Å². The fourth-order valence-electron chi connectivity index (χ4n) is 3.11. The second-order valence-electron chi connectivity index (χ2n) is 5.74. The van der Waals surface area contributed by atoms with Gasteiger partial charge < -0.3 is 14.9 Å². The van der Waals surface area contributed by atoms with Gasteiger partial charge in [-0.1, -0.05) is 12.1 Å². The van der Waals surface area contributed by atoms with E-state index in [1.807, 2.05) is 18.2 Å². The number of aryl methyl sites for hydroxylation is 1. The fourth-order valence-corrected chi connectivity index (χ4v) is 3.95. The van der Waals surface area contributed by atoms with Crippen LogP contribution in [-0.2, 0) is 0 Å². The lowest BCUT2D eigenvalue weighted by atomic mass is 10.2. The second kappa shape index (κ2) is 5.70. The first-order valence-electron chi connectivity index (χ1n) is 7.71. The molecule has 5 nitrogen and oxygen atoms in total. The number of piperazine rings is 1. The van der Waals surface area contributed by atoms with Crippen molar-refractivity contribution in [2.75, 3.05) is 36.0 Å². The van der Waals surface area contributed by atoms with Crippen LogP contribution in [-0.4, -0.2) is 41.3 Å². The van der Waals surface area contributed by atoms with E-state index < -0.39 is 0 Å². The number of phenolic OH excluding ortho intramolecular Hbond substituents is 1. The van der Waals surface area contributed by atoms with Crippen LogP contribution >= 0.6 is 11.3 Å². The molecule has 0 atom stereocenters. The third-order valence-corrected chi connectivity index (χ3v) is 5.19. The predicted molar refractivity (Wildman–Crippen MR) is 94.7 cm³/mol. The summed E-state index contributed by atoms with van der Waals surface area (Å²) >= 11 is 1.71. The maximum Gasteiger partial charge on any atom is 0.140 e. The number of hydrogen-bond donors (Lipinski definition) is 1. The average molecular weight is 326 g/mol. The van der Waals surface area contributed by atoms with Crippen molar-refractivity contribution >= 4 is 33.1 Å². The summed E-state index contributed by atoms with van der Waals surface area (Å²) in [5.74, 6) is 1.37. The van der Waals surface area contributed by atoms with Crippen LogP contribution in [0.5, 0.6) is 5.75 Å². The molecule has 0 bridgehead atoms. The van der Waals surface area contributed by atoms with Crippen LogP contribution in [0.3, 0.4) is 0 Å². The standard InChI is InChI=1S/C17H18N4OS/c1-12-10-13-16(18-11-19-17(13)23-12)21-8-6-20(7-9-21)14-4-2-3-5-15(14)22/h2-5,10-11,22H,6-9H2,1H3. The van der Waals surface area contributed by atoms with Gasteiger partial charge in [0, 0.05) is 31.1 Å². The fraction of sp³-hybridized carbons (Fsp3) is 0.294. The van der Waals surface area contributed by atoms with Crippen molar-refractivity contribution in [3.63, 3.8) is 0 Å². The largest absolute Gasteiger partial charge is 0.506 e. The highest BCUT2D eigenvalue weighted by molar-refractivity contribution is 7.18. The topological polar surface area (TPSA) is 52.5 Å². The number of benzene rings is 1. The van der Waals surface area contributed by atoms with Crippen molar-refractivity contribution in [3.05, 3.63) is 41.5 Å². The Hall–Kier alpha value is -2.34. The van der Waals surface area contributed by atoms with Crippen LogP contribution in [0.15, 0.2) is 36.7 Å². The molecule has 0 aliphatic carbocycles. The van der Waals surface area contributed by atoms with E-state index in [4.69, 9.17) is 0 Å². The van der Waals surface area contributed by atoms with Gasteiger partial charge in [0.2, 0.25) is 0 Å². The first-order valence-corrected chi connectivity index (χ1v) is 8.53. The zero-order valence-electron chi connectivity index (χ0n) is 12.9. The Bertz CT molecular complexity index is 839. The Labute approximate surface area is 138 Å². The second-order valence-corrected chi connectivity index (χ2v) is 6.97. The number of thiophene rings is 1. The van der Waals surface area contributed by atoms with Gasteiger partial charge in [0.15, 0.2) is 0 Å². The minimum Gasteiger partial charge on any atom is -0.506 e. The van der Waals surface area contributed by atoms with Crippen molar-refractivity contribution in [1.29, 1.82) is 0 Å². The quantitative estimate of drug-likeness (QED) is 0.784. The third kappa shape index (κ3) is 2.59. The zero-order chi connectivity index (χ0) is 15.8. The van der Waals surface area contributed by atoms with Crippen LogP contribution in [0.1, 0.15) is 4.88 Å². The van der Waals surface area contributed by atoms with Gasteiger partial charge in [-0.2, -0.15) is 0 Å². The first kappa shape index (κ1) is 14.3. The summed E-state index contributed by atoms with van der Waals surface area (Å²) < 4.78 is 0. The van der Waals surface area contributed by atoms with Crippen molar-refractivity contribution in [3.8, 4) is 5.75 Å². The number of anilines is 2. The molecule has 4 rings (SSSR count). The molecule has 3 aromatic rings. The molecule has 1 aliphatic rings. The van der Waals surface area contributed by atoms with Crippen LogP contribution in [0.4, 0.5) is 11.5 Å². The Morgan fingerprint density at radius 3 is 2.57 bits per heavy atom. The zero-order valence-corrected chi connectivity index (χ0v) is 13.8. The highest BCUT2D eigenvalue weighted by atomic mass is 32.1. The van der Waals surface area contributed by atoms with Crippen molar-refractivity contribution in [1.82, 2.24) is 9.97 Å². The van der Waals surface area contributed by atoms with Gasteiger partial charge in [-0.25, -0.2) is 9.97 Å². The molecule has 118 valence electrons. The number of fused-ring (bicyclic) bond motifs is 1. The minimum atomic E-state index is 0.346. The number of phenols is 1.